The molecule has 4 heteroatoms. The summed E-state index contributed by atoms with van der Waals surface area (Å²) in [6, 6.07) is 14.3. The summed E-state index contributed by atoms with van der Waals surface area (Å²) in [7, 11) is 0. The standard InChI is InChI=1S/C15H15NO3/c1-11-9-12(7-8-14(11)16(18)19)10-15(17)13-5-3-2-4-6-13/h2-9,15,17H,10H2,1H3. The highest BCUT2D eigenvalue weighted by Gasteiger charge is 2.13. The molecule has 0 saturated heterocycles. The minimum Gasteiger partial charge on any atom is -0.388 e. The number of hydrogen-bond acceptors (Lipinski definition) is 3. The quantitative estimate of drug-likeness (QED) is 0.675. The fourth-order valence-electron chi connectivity index (χ4n) is 2.07. The molecular formula is C15H15NO3. The van der Waals surface area contributed by atoms with Gasteiger partial charge in [0.2, 0.25) is 0 Å². The minimum atomic E-state index is -0.595. The number of nitrogens with zero attached hydrogens (tertiary/aromatic N) is 1. The summed E-state index contributed by atoms with van der Waals surface area (Å²) in [5.74, 6) is 0. The molecule has 0 saturated carbocycles. The largest absolute Gasteiger partial charge is 0.388 e. The third-order valence-electron chi connectivity index (χ3n) is 3.07. The molecule has 0 aliphatic rings. The van der Waals surface area contributed by atoms with Crippen molar-refractivity contribution in [3.05, 3.63) is 75.3 Å². The topological polar surface area (TPSA) is 63.4 Å². The average molecular weight is 257 g/mol. The number of nitro groups is 1. The van der Waals surface area contributed by atoms with Gasteiger partial charge in [-0.05, 0) is 24.1 Å². The van der Waals surface area contributed by atoms with Crippen molar-refractivity contribution in [3.8, 4) is 0 Å². The van der Waals surface area contributed by atoms with E-state index in [0.717, 1.165) is 11.1 Å². The van der Waals surface area contributed by atoms with Crippen molar-refractivity contribution in [1.29, 1.82) is 0 Å². The molecule has 0 aliphatic heterocycles. The number of aryl methyl sites for hydroxylation is 1. The zero-order chi connectivity index (χ0) is 13.8. The Labute approximate surface area is 111 Å². The molecule has 4 nitrogen and oxygen atoms in total. The van der Waals surface area contributed by atoms with Crippen LogP contribution in [-0.4, -0.2) is 10.0 Å². The normalized spacial score (nSPS) is 12.1. The Bertz CT molecular complexity index is 581. The van der Waals surface area contributed by atoms with Gasteiger partial charge < -0.3 is 5.11 Å². The Balaban J connectivity index is 2.16. The highest BCUT2D eigenvalue weighted by molar-refractivity contribution is 5.42. The fourth-order valence-corrected chi connectivity index (χ4v) is 2.07. The van der Waals surface area contributed by atoms with Gasteiger partial charge in [-0.3, -0.25) is 10.1 Å². The van der Waals surface area contributed by atoms with Gasteiger partial charge in [0.25, 0.3) is 5.69 Å². The van der Waals surface area contributed by atoms with Crippen molar-refractivity contribution in [2.24, 2.45) is 0 Å². The maximum Gasteiger partial charge on any atom is 0.272 e. The Hall–Kier alpha value is -2.20. The Morgan fingerprint density at radius 2 is 1.89 bits per heavy atom. The first kappa shape index (κ1) is 13.2. The van der Waals surface area contributed by atoms with E-state index >= 15 is 0 Å². The summed E-state index contributed by atoms with van der Waals surface area (Å²) in [5.41, 5.74) is 2.46. The third-order valence-corrected chi connectivity index (χ3v) is 3.07. The summed E-state index contributed by atoms with van der Waals surface area (Å²) in [4.78, 5) is 10.3. The number of hydrogen-bond donors (Lipinski definition) is 1. The van der Waals surface area contributed by atoms with Crippen molar-refractivity contribution in [1.82, 2.24) is 0 Å². The summed E-state index contributed by atoms with van der Waals surface area (Å²) < 4.78 is 0. The van der Waals surface area contributed by atoms with Crippen molar-refractivity contribution in [2.45, 2.75) is 19.4 Å². The molecule has 1 atom stereocenters. The maximum atomic E-state index is 10.7. The molecule has 0 heterocycles. The first-order valence-corrected chi connectivity index (χ1v) is 6.05. The molecule has 0 fully saturated rings. The Morgan fingerprint density at radius 3 is 2.47 bits per heavy atom. The molecule has 0 bridgehead atoms. The zero-order valence-electron chi connectivity index (χ0n) is 10.6. The predicted octanol–water partition coefficient (Wildman–Crippen LogP) is 3.18. The van der Waals surface area contributed by atoms with E-state index in [1.807, 2.05) is 30.3 Å². The number of benzene rings is 2. The van der Waals surface area contributed by atoms with Crippen molar-refractivity contribution in [2.75, 3.05) is 0 Å². The molecule has 2 aromatic rings. The third kappa shape index (κ3) is 3.17. The molecule has 2 aromatic carbocycles. The molecule has 0 aromatic heterocycles. The molecule has 0 radical (unpaired) electrons. The van der Waals surface area contributed by atoms with Crippen LogP contribution in [0.2, 0.25) is 0 Å². The lowest BCUT2D eigenvalue weighted by Gasteiger charge is -2.11. The first-order chi connectivity index (χ1) is 9.08. The summed E-state index contributed by atoms with van der Waals surface area (Å²) in [6.07, 6.45) is -0.148. The van der Waals surface area contributed by atoms with Gasteiger partial charge in [-0.15, -0.1) is 0 Å². The van der Waals surface area contributed by atoms with Crippen molar-refractivity contribution in [3.63, 3.8) is 0 Å². The monoisotopic (exact) mass is 257 g/mol. The predicted molar refractivity (Wildman–Crippen MR) is 72.9 cm³/mol. The van der Waals surface area contributed by atoms with Gasteiger partial charge in [-0.1, -0.05) is 36.4 Å². The second kappa shape index (κ2) is 5.63. The summed E-state index contributed by atoms with van der Waals surface area (Å²) in [6.45, 7) is 1.70. The summed E-state index contributed by atoms with van der Waals surface area (Å²) >= 11 is 0. The van der Waals surface area contributed by atoms with Crippen LogP contribution in [0.5, 0.6) is 0 Å². The first-order valence-electron chi connectivity index (χ1n) is 6.05. The van der Waals surface area contributed by atoms with Crippen LogP contribution >= 0.6 is 0 Å². The lowest BCUT2D eigenvalue weighted by Crippen LogP contribution is -2.02. The molecule has 0 spiro atoms. The van der Waals surface area contributed by atoms with E-state index in [1.54, 1.807) is 19.1 Å². The lowest BCUT2D eigenvalue weighted by molar-refractivity contribution is -0.385. The van der Waals surface area contributed by atoms with E-state index < -0.39 is 11.0 Å². The van der Waals surface area contributed by atoms with Crippen LogP contribution in [0.15, 0.2) is 48.5 Å². The van der Waals surface area contributed by atoms with Gasteiger partial charge in [0.1, 0.15) is 0 Å². The fraction of sp³-hybridized carbons (Fsp3) is 0.200. The molecule has 19 heavy (non-hydrogen) atoms. The van der Waals surface area contributed by atoms with Crippen LogP contribution in [0, 0.1) is 17.0 Å². The number of nitro benzene ring substituents is 1. The van der Waals surface area contributed by atoms with E-state index in [0.29, 0.717) is 12.0 Å². The smallest absolute Gasteiger partial charge is 0.272 e. The van der Waals surface area contributed by atoms with Crippen LogP contribution < -0.4 is 0 Å². The lowest BCUT2D eigenvalue weighted by atomic mass is 10.00. The van der Waals surface area contributed by atoms with Crippen LogP contribution in [0.3, 0.4) is 0 Å². The minimum absolute atomic E-state index is 0.109. The highest BCUT2D eigenvalue weighted by atomic mass is 16.6. The highest BCUT2D eigenvalue weighted by Crippen LogP contribution is 2.23. The van der Waals surface area contributed by atoms with Gasteiger partial charge in [0, 0.05) is 18.1 Å². The van der Waals surface area contributed by atoms with E-state index in [2.05, 4.69) is 0 Å². The molecule has 2 rings (SSSR count). The van der Waals surface area contributed by atoms with Gasteiger partial charge in [0.15, 0.2) is 0 Å². The second-order valence-electron chi connectivity index (χ2n) is 4.51. The Morgan fingerprint density at radius 1 is 1.21 bits per heavy atom. The zero-order valence-corrected chi connectivity index (χ0v) is 10.6. The Kier molecular flexibility index (Phi) is 3.92. The number of rotatable bonds is 4. The second-order valence-corrected chi connectivity index (χ2v) is 4.51. The maximum absolute atomic E-state index is 10.7. The molecular weight excluding hydrogens is 242 g/mol. The van der Waals surface area contributed by atoms with Crippen LogP contribution in [0.25, 0.3) is 0 Å². The molecule has 1 unspecified atom stereocenters. The van der Waals surface area contributed by atoms with Crippen molar-refractivity contribution >= 4 is 5.69 Å². The van der Waals surface area contributed by atoms with Gasteiger partial charge in [-0.25, -0.2) is 0 Å². The average Bonchev–Trinajstić information content (AvgIpc) is 2.39. The van der Waals surface area contributed by atoms with Crippen LogP contribution in [-0.2, 0) is 6.42 Å². The van der Waals surface area contributed by atoms with E-state index in [4.69, 9.17) is 0 Å². The SMILES string of the molecule is Cc1cc(CC(O)c2ccccc2)ccc1[N+](=O)[O-]. The van der Waals surface area contributed by atoms with E-state index in [9.17, 15) is 15.2 Å². The molecule has 1 N–H and O–H groups in total. The van der Waals surface area contributed by atoms with Gasteiger partial charge in [0.05, 0.1) is 11.0 Å². The van der Waals surface area contributed by atoms with E-state index in [-0.39, 0.29) is 5.69 Å². The number of aliphatic hydroxyl groups excluding tert-OH is 1. The molecule has 98 valence electrons. The van der Waals surface area contributed by atoms with Crippen LogP contribution in [0.1, 0.15) is 22.8 Å². The van der Waals surface area contributed by atoms with Crippen molar-refractivity contribution < 1.29 is 10.0 Å². The molecule has 0 amide bonds. The van der Waals surface area contributed by atoms with Gasteiger partial charge in [-0.2, -0.15) is 0 Å². The van der Waals surface area contributed by atoms with E-state index in [1.165, 1.54) is 6.07 Å². The number of aliphatic hydroxyl groups is 1. The summed E-state index contributed by atoms with van der Waals surface area (Å²) in [5, 5.41) is 20.8. The van der Waals surface area contributed by atoms with Gasteiger partial charge >= 0.3 is 0 Å². The molecule has 0 aliphatic carbocycles. The van der Waals surface area contributed by atoms with Crippen LogP contribution in [0.4, 0.5) is 5.69 Å².